The fourth-order valence-corrected chi connectivity index (χ4v) is 1.55. The molecule has 4 nitrogen and oxygen atoms in total. The summed E-state index contributed by atoms with van der Waals surface area (Å²) in [6.45, 7) is 2.18. The van der Waals surface area contributed by atoms with Crippen LogP contribution in [0.2, 0.25) is 0 Å². The number of esters is 1. The van der Waals surface area contributed by atoms with Gasteiger partial charge in [-0.1, -0.05) is 28.9 Å². The molecule has 0 unspecified atom stereocenters. The summed E-state index contributed by atoms with van der Waals surface area (Å²) in [4.78, 5) is 22.8. The third-order valence-corrected chi connectivity index (χ3v) is 2.44. The molecule has 0 radical (unpaired) electrons. The van der Waals surface area contributed by atoms with E-state index in [-0.39, 0.29) is 12.5 Å². The number of amides is 1. The van der Waals surface area contributed by atoms with Crippen LogP contribution >= 0.6 is 15.9 Å². The number of hydrogen-bond donors (Lipinski definition) is 1. The Morgan fingerprint density at radius 1 is 1.41 bits per heavy atom. The van der Waals surface area contributed by atoms with Gasteiger partial charge in [-0.3, -0.25) is 9.59 Å². The van der Waals surface area contributed by atoms with E-state index in [9.17, 15) is 9.59 Å². The standard InChI is InChI=1S/C12H14BrNO3/c1-2-6-17-11(15)8-14-12(16)9-4-3-5-10(13)7-9/h3-5,7H,2,6,8H2,1H3,(H,14,16). The Morgan fingerprint density at radius 3 is 2.82 bits per heavy atom. The molecule has 0 heterocycles. The number of benzene rings is 1. The number of halogens is 1. The van der Waals surface area contributed by atoms with Crippen molar-refractivity contribution in [1.29, 1.82) is 0 Å². The lowest BCUT2D eigenvalue weighted by atomic mass is 10.2. The van der Waals surface area contributed by atoms with Gasteiger partial charge in [-0.15, -0.1) is 0 Å². The lowest BCUT2D eigenvalue weighted by molar-refractivity contribution is -0.142. The Bertz CT molecular complexity index is 406. The second kappa shape index (κ2) is 7.06. The van der Waals surface area contributed by atoms with Crippen LogP contribution in [0.4, 0.5) is 0 Å². The van der Waals surface area contributed by atoms with Gasteiger partial charge in [0.2, 0.25) is 0 Å². The van der Waals surface area contributed by atoms with E-state index < -0.39 is 5.97 Å². The summed E-state index contributed by atoms with van der Waals surface area (Å²) in [6, 6.07) is 6.95. The minimum Gasteiger partial charge on any atom is -0.464 e. The Morgan fingerprint density at radius 2 is 2.18 bits per heavy atom. The number of hydrogen-bond acceptors (Lipinski definition) is 3. The highest BCUT2D eigenvalue weighted by Crippen LogP contribution is 2.11. The van der Waals surface area contributed by atoms with Gasteiger partial charge in [0.1, 0.15) is 6.54 Å². The first-order valence-corrected chi connectivity index (χ1v) is 6.12. The van der Waals surface area contributed by atoms with E-state index in [1.165, 1.54) is 0 Å². The van der Waals surface area contributed by atoms with Gasteiger partial charge in [0.05, 0.1) is 6.61 Å². The van der Waals surface area contributed by atoms with Gasteiger partial charge in [-0.2, -0.15) is 0 Å². The van der Waals surface area contributed by atoms with Crippen LogP contribution < -0.4 is 5.32 Å². The van der Waals surface area contributed by atoms with Crippen molar-refractivity contribution in [3.63, 3.8) is 0 Å². The maximum atomic E-state index is 11.6. The van der Waals surface area contributed by atoms with E-state index in [1.807, 2.05) is 13.0 Å². The van der Waals surface area contributed by atoms with Gasteiger partial charge < -0.3 is 10.1 Å². The zero-order chi connectivity index (χ0) is 12.7. The first-order chi connectivity index (χ1) is 8.13. The summed E-state index contributed by atoms with van der Waals surface area (Å²) in [6.07, 6.45) is 0.769. The van der Waals surface area contributed by atoms with Crippen LogP contribution in [0.25, 0.3) is 0 Å². The van der Waals surface area contributed by atoms with E-state index in [4.69, 9.17) is 4.74 Å². The molecule has 0 atom stereocenters. The smallest absolute Gasteiger partial charge is 0.325 e. The molecule has 1 N–H and O–H groups in total. The first-order valence-electron chi connectivity index (χ1n) is 5.33. The van der Waals surface area contributed by atoms with Gasteiger partial charge >= 0.3 is 5.97 Å². The average Bonchev–Trinajstić information content (AvgIpc) is 2.33. The van der Waals surface area contributed by atoms with Gasteiger partial charge in [0.25, 0.3) is 5.91 Å². The third-order valence-electron chi connectivity index (χ3n) is 1.95. The van der Waals surface area contributed by atoms with Crippen molar-refractivity contribution in [1.82, 2.24) is 5.32 Å². The number of carbonyl (C=O) groups excluding carboxylic acids is 2. The summed E-state index contributed by atoms with van der Waals surface area (Å²) in [5, 5.41) is 2.50. The van der Waals surface area contributed by atoms with Gasteiger partial charge in [-0.05, 0) is 24.6 Å². The van der Waals surface area contributed by atoms with Crippen LogP contribution in [0.15, 0.2) is 28.7 Å². The molecule has 0 bridgehead atoms. The highest BCUT2D eigenvalue weighted by molar-refractivity contribution is 9.10. The monoisotopic (exact) mass is 299 g/mol. The van der Waals surface area contributed by atoms with Crippen molar-refractivity contribution < 1.29 is 14.3 Å². The molecule has 0 aliphatic rings. The Hall–Kier alpha value is -1.36. The zero-order valence-electron chi connectivity index (χ0n) is 9.53. The lowest BCUT2D eigenvalue weighted by Gasteiger charge is -2.05. The van der Waals surface area contributed by atoms with Crippen LogP contribution in [0.1, 0.15) is 23.7 Å². The summed E-state index contributed by atoms with van der Waals surface area (Å²) in [5.41, 5.74) is 0.502. The lowest BCUT2D eigenvalue weighted by Crippen LogP contribution is -2.30. The highest BCUT2D eigenvalue weighted by atomic mass is 79.9. The summed E-state index contributed by atoms with van der Waals surface area (Å²) < 4.78 is 5.66. The van der Waals surface area contributed by atoms with E-state index in [2.05, 4.69) is 21.2 Å². The highest BCUT2D eigenvalue weighted by Gasteiger charge is 2.08. The van der Waals surface area contributed by atoms with Crippen LogP contribution in [-0.4, -0.2) is 25.0 Å². The minimum absolute atomic E-state index is 0.106. The summed E-state index contributed by atoms with van der Waals surface area (Å²) in [7, 11) is 0. The second-order valence-corrected chi connectivity index (χ2v) is 4.33. The van der Waals surface area contributed by atoms with E-state index >= 15 is 0 Å². The summed E-state index contributed by atoms with van der Waals surface area (Å²) >= 11 is 3.27. The predicted molar refractivity (Wildman–Crippen MR) is 67.7 cm³/mol. The molecule has 17 heavy (non-hydrogen) atoms. The van der Waals surface area contributed by atoms with Crippen molar-refractivity contribution >= 4 is 27.8 Å². The molecule has 0 spiro atoms. The molecule has 5 heteroatoms. The SMILES string of the molecule is CCCOC(=O)CNC(=O)c1cccc(Br)c1. The van der Waals surface area contributed by atoms with E-state index in [0.29, 0.717) is 12.2 Å². The van der Waals surface area contributed by atoms with E-state index in [0.717, 1.165) is 10.9 Å². The molecule has 1 amide bonds. The zero-order valence-corrected chi connectivity index (χ0v) is 11.1. The molecular formula is C12H14BrNO3. The maximum absolute atomic E-state index is 11.6. The molecule has 0 aliphatic carbocycles. The largest absolute Gasteiger partial charge is 0.464 e. The molecule has 1 rings (SSSR count). The van der Waals surface area contributed by atoms with Crippen molar-refractivity contribution in [3.8, 4) is 0 Å². The van der Waals surface area contributed by atoms with E-state index in [1.54, 1.807) is 18.2 Å². The molecule has 1 aromatic carbocycles. The van der Waals surface area contributed by atoms with Gasteiger partial charge in [0.15, 0.2) is 0 Å². The normalized spacial score (nSPS) is 9.76. The molecule has 0 saturated carbocycles. The second-order valence-electron chi connectivity index (χ2n) is 3.41. The third kappa shape index (κ3) is 4.99. The van der Waals surface area contributed by atoms with Crippen LogP contribution in [0, 0.1) is 0 Å². The van der Waals surface area contributed by atoms with Gasteiger partial charge in [0, 0.05) is 10.0 Å². The first kappa shape index (κ1) is 13.7. The number of carbonyl (C=O) groups is 2. The fourth-order valence-electron chi connectivity index (χ4n) is 1.15. The topological polar surface area (TPSA) is 55.4 Å². The van der Waals surface area contributed by atoms with Crippen LogP contribution in [0.3, 0.4) is 0 Å². The van der Waals surface area contributed by atoms with Gasteiger partial charge in [-0.25, -0.2) is 0 Å². The molecule has 0 fully saturated rings. The quantitative estimate of drug-likeness (QED) is 0.848. The van der Waals surface area contributed by atoms with Crippen molar-refractivity contribution in [2.45, 2.75) is 13.3 Å². The maximum Gasteiger partial charge on any atom is 0.325 e. The Balaban J connectivity index is 2.42. The molecule has 92 valence electrons. The molecule has 0 saturated heterocycles. The Labute approximate surface area is 108 Å². The Kier molecular flexibility index (Phi) is 5.69. The number of ether oxygens (including phenoxy) is 1. The summed E-state index contributed by atoms with van der Waals surface area (Å²) in [5.74, 6) is -0.713. The predicted octanol–water partition coefficient (Wildman–Crippen LogP) is 2.13. The van der Waals surface area contributed by atoms with Crippen molar-refractivity contribution in [2.75, 3.05) is 13.2 Å². The molecule has 0 aromatic heterocycles. The number of rotatable bonds is 5. The minimum atomic E-state index is -0.421. The average molecular weight is 300 g/mol. The fraction of sp³-hybridized carbons (Fsp3) is 0.333. The van der Waals surface area contributed by atoms with Crippen molar-refractivity contribution in [2.24, 2.45) is 0 Å². The van der Waals surface area contributed by atoms with Crippen molar-refractivity contribution in [3.05, 3.63) is 34.3 Å². The number of nitrogens with one attached hydrogen (secondary N) is 1. The van der Waals surface area contributed by atoms with Crippen LogP contribution in [0.5, 0.6) is 0 Å². The molecule has 0 aliphatic heterocycles. The molecule has 1 aromatic rings. The molecular weight excluding hydrogens is 286 g/mol. The van der Waals surface area contributed by atoms with Crippen LogP contribution in [-0.2, 0) is 9.53 Å².